The number of likely N-dealkylation sites (N-methyl/N-ethyl adjacent to an activating group) is 1. The number of aliphatic hydroxyl groups excluding tert-OH is 1. The van der Waals surface area contributed by atoms with Gasteiger partial charge < -0.3 is 24.5 Å². The molecule has 3 fully saturated rings. The second kappa shape index (κ2) is 10.8. The fourth-order valence-electron chi connectivity index (χ4n) is 6.91. The van der Waals surface area contributed by atoms with Gasteiger partial charge in [-0.05, 0) is 44.2 Å². The molecule has 3 aliphatic rings. The molecule has 4 rings (SSSR count). The molecule has 1 spiro atoms. The molecule has 3 aliphatic heterocycles. The number of aryl methyl sites for hydroxylation is 1. The van der Waals surface area contributed by atoms with Crippen molar-refractivity contribution in [2.45, 2.75) is 56.8 Å². The first-order valence-corrected chi connectivity index (χ1v) is 13.7. The van der Waals surface area contributed by atoms with Gasteiger partial charge in [0.25, 0.3) is 5.91 Å². The summed E-state index contributed by atoms with van der Waals surface area (Å²) in [6.45, 7) is 12.0. The van der Waals surface area contributed by atoms with E-state index in [0.29, 0.717) is 42.9 Å². The van der Waals surface area contributed by atoms with Crippen molar-refractivity contribution in [3.63, 3.8) is 0 Å². The highest BCUT2D eigenvalue weighted by Gasteiger charge is 2.79. The van der Waals surface area contributed by atoms with Crippen LogP contribution in [0, 0.1) is 18.8 Å². The van der Waals surface area contributed by atoms with Crippen LogP contribution in [0.25, 0.3) is 0 Å². The van der Waals surface area contributed by atoms with Crippen molar-refractivity contribution >= 4 is 35.0 Å². The van der Waals surface area contributed by atoms with Crippen molar-refractivity contribution in [2.24, 2.45) is 11.8 Å². The molecule has 3 amide bonds. The van der Waals surface area contributed by atoms with Crippen LogP contribution < -0.4 is 4.90 Å². The topological polar surface area (TPSA) is 90.4 Å². The number of likely N-dealkylation sites (tertiary alicyclic amines) is 1. The van der Waals surface area contributed by atoms with Gasteiger partial charge in [0.05, 0.1) is 28.1 Å². The quantitative estimate of drug-likeness (QED) is 0.432. The predicted octanol–water partition coefficient (Wildman–Crippen LogP) is 3.35. The molecular weight excluding hydrogens is 506 g/mol. The van der Waals surface area contributed by atoms with E-state index in [1.165, 1.54) is 4.90 Å². The van der Waals surface area contributed by atoms with Crippen molar-refractivity contribution in [3.05, 3.63) is 54.1 Å². The summed E-state index contributed by atoms with van der Waals surface area (Å²) in [4.78, 5) is 47.2. The van der Waals surface area contributed by atoms with Crippen LogP contribution in [0.5, 0.6) is 0 Å². The molecule has 8 nitrogen and oxygen atoms in total. The van der Waals surface area contributed by atoms with E-state index in [9.17, 15) is 19.5 Å². The van der Waals surface area contributed by atoms with E-state index >= 15 is 0 Å². The molecule has 9 heteroatoms. The van der Waals surface area contributed by atoms with Crippen molar-refractivity contribution in [1.82, 2.24) is 9.80 Å². The van der Waals surface area contributed by atoms with Gasteiger partial charge in [-0.2, -0.15) is 0 Å². The lowest BCUT2D eigenvalue weighted by atomic mass is 9.64. The summed E-state index contributed by atoms with van der Waals surface area (Å²) in [6.07, 6.45) is 5.20. The molecule has 0 radical (unpaired) electrons. The fourth-order valence-corrected chi connectivity index (χ4v) is 7.23. The van der Waals surface area contributed by atoms with Gasteiger partial charge in [0.2, 0.25) is 11.8 Å². The molecule has 5 atom stereocenters. The number of carbonyl (C=O) groups excluding carboxylic acids is 3. The van der Waals surface area contributed by atoms with Crippen molar-refractivity contribution in [1.29, 1.82) is 0 Å². The van der Waals surface area contributed by atoms with Crippen LogP contribution >= 0.6 is 11.6 Å². The predicted molar refractivity (Wildman–Crippen MR) is 147 cm³/mol. The van der Waals surface area contributed by atoms with E-state index < -0.39 is 29.1 Å². The largest absolute Gasteiger partial charge is 0.396 e. The minimum Gasteiger partial charge on any atom is -0.396 e. The van der Waals surface area contributed by atoms with Gasteiger partial charge in [0.15, 0.2) is 0 Å². The fraction of sp³-hybridized carbons (Fsp3) is 0.552. The zero-order chi connectivity index (χ0) is 27.8. The number of benzene rings is 1. The van der Waals surface area contributed by atoms with Gasteiger partial charge in [0, 0.05) is 33.3 Å². The molecule has 1 aromatic carbocycles. The number of para-hydroxylation sites is 1. The molecule has 0 aliphatic carbocycles. The Bertz CT molecular complexity index is 1120. The molecule has 3 heterocycles. The first kappa shape index (κ1) is 28.3. The number of aliphatic hydroxyl groups is 1. The molecule has 2 bridgehead atoms. The Morgan fingerprint density at radius 1 is 1.24 bits per heavy atom. The number of hydrogen-bond acceptors (Lipinski definition) is 5. The van der Waals surface area contributed by atoms with E-state index in [-0.39, 0.29) is 37.4 Å². The number of nitrogens with zero attached hydrogens (tertiary/aromatic N) is 3. The Kier molecular flexibility index (Phi) is 8.07. The van der Waals surface area contributed by atoms with Gasteiger partial charge in [-0.1, -0.05) is 42.8 Å². The number of halogens is 1. The number of hydrogen-bond donors (Lipinski definition) is 1. The summed E-state index contributed by atoms with van der Waals surface area (Å²) < 4.78 is 6.82. The van der Waals surface area contributed by atoms with Gasteiger partial charge >= 0.3 is 0 Å². The monoisotopic (exact) mass is 543 g/mol. The van der Waals surface area contributed by atoms with Gasteiger partial charge in [-0.25, -0.2) is 0 Å². The lowest BCUT2D eigenvalue weighted by Gasteiger charge is -2.37. The highest BCUT2D eigenvalue weighted by molar-refractivity contribution is 6.34. The zero-order valence-electron chi connectivity index (χ0n) is 22.5. The summed E-state index contributed by atoms with van der Waals surface area (Å²) in [5.74, 6) is -2.27. The van der Waals surface area contributed by atoms with Gasteiger partial charge in [-0.3, -0.25) is 14.4 Å². The number of rotatable bonds is 11. The van der Waals surface area contributed by atoms with Crippen LogP contribution in [0.1, 0.15) is 38.2 Å². The van der Waals surface area contributed by atoms with E-state index in [2.05, 4.69) is 13.2 Å². The Morgan fingerprint density at radius 2 is 1.95 bits per heavy atom. The normalized spacial score (nSPS) is 29.3. The maximum absolute atomic E-state index is 14.6. The molecule has 1 aromatic rings. The van der Waals surface area contributed by atoms with Crippen LogP contribution in [-0.2, 0) is 19.1 Å². The third-order valence-electron chi connectivity index (χ3n) is 8.55. The smallest absolute Gasteiger partial charge is 0.253 e. The van der Waals surface area contributed by atoms with Crippen LogP contribution in [0.2, 0.25) is 5.02 Å². The lowest BCUT2D eigenvalue weighted by molar-refractivity contribution is -0.150. The molecule has 1 N–H and O–H groups in total. The number of anilines is 1. The van der Waals surface area contributed by atoms with Crippen LogP contribution in [0.15, 0.2) is 43.5 Å². The Morgan fingerprint density at radius 3 is 2.55 bits per heavy atom. The molecule has 0 aromatic heterocycles. The minimum absolute atomic E-state index is 0.132. The standard InChI is InChI=1S/C29H38ClN3O5/c1-6-15-31(5)25(35)21-22-26(36)33(17-10-18-34)24(29(22)14-13-28(21,8-3)38-29)27(37)32(16-7-2)23-19(4)11-9-12-20(23)30/h6-7,9,11-12,21-22,24,34H,1-2,8,10,13-18H2,3-5H3/t21-,22+,24?,28+,29?/m1/s1. The minimum atomic E-state index is -1.15. The molecule has 2 unspecified atom stereocenters. The van der Waals surface area contributed by atoms with E-state index in [1.807, 2.05) is 26.0 Å². The molecule has 0 saturated carbocycles. The maximum atomic E-state index is 14.6. The van der Waals surface area contributed by atoms with Crippen LogP contribution in [0.3, 0.4) is 0 Å². The van der Waals surface area contributed by atoms with E-state index in [0.717, 1.165) is 5.56 Å². The third kappa shape index (κ3) is 4.17. The molecule has 206 valence electrons. The molecule has 3 saturated heterocycles. The number of carbonyl (C=O) groups is 3. The van der Waals surface area contributed by atoms with E-state index in [4.69, 9.17) is 16.3 Å². The Balaban J connectivity index is 1.85. The first-order valence-electron chi connectivity index (χ1n) is 13.3. The summed E-state index contributed by atoms with van der Waals surface area (Å²) in [7, 11) is 1.70. The molecular formula is C29H38ClN3O5. The summed E-state index contributed by atoms with van der Waals surface area (Å²) in [5.41, 5.74) is -0.597. The number of fused-ring (bicyclic) bond motifs is 1. The summed E-state index contributed by atoms with van der Waals surface area (Å²) >= 11 is 6.59. The second-order valence-corrected chi connectivity index (χ2v) is 11.0. The third-order valence-corrected chi connectivity index (χ3v) is 8.86. The van der Waals surface area contributed by atoms with Crippen LogP contribution in [-0.4, -0.2) is 83.2 Å². The Hall–Kier alpha value is -2.68. The van der Waals surface area contributed by atoms with Gasteiger partial charge in [-0.15, -0.1) is 13.2 Å². The van der Waals surface area contributed by atoms with Gasteiger partial charge in [0.1, 0.15) is 11.6 Å². The van der Waals surface area contributed by atoms with Crippen LogP contribution in [0.4, 0.5) is 5.69 Å². The first-order chi connectivity index (χ1) is 18.1. The molecule has 38 heavy (non-hydrogen) atoms. The van der Waals surface area contributed by atoms with Crippen molar-refractivity contribution in [2.75, 3.05) is 38.2 Å². The summed E-state index contributed by atoms with van der Waals surface area (Å²) in [6, 6.07) is 4.47. The van der Waals surface area contributed by atoms with Crippen molar-refractivity contribution in [3.8, 4) is 0 Å². The SMILES string of the molecule is C=CCN(C)C(=O)[C@H]1[C@H]2C(=O)N(CCCO)C(C(=O)N(CC=C)c3c(C)cccc3Cl)C23CC[C@]1(CC)O3. The zero-order valence-corrected chi connectivity index (χ0v) is 23.2. The average molecular weight is 544 g/mol. The second-order valence-electron chi connectivity index (χ2n) is 10.6. The summed E-state index contributed by atoms with van der Waals surface area (Å²) in [5, 5.41) is 10.0. The number of amides is 3. The highest BCUT2D eigenvalue weighted by atomic mass is 35.5. The lowest BCUT2D eigenvalue weighted by Crippen LogP contribution is -2.57. The number of ether oxygens (including phenoxy) is 1. The highest BCUT2D eigenvalue weighted by Crippen LogP contribution is 2.64. The maximum Gasteiger partial charge on any atom is 0.253 e. The average Bonchev–Trinajstić information content (AvgIpc) is 3.49. The van der Waals surface area contributed by atoms with Crippen molar-refractivity contribution < 1.29 is 24.2 Å². The Labute approximate surface area is 229 Å². The van der Waals surface area contributed by atoms with E-state index in [1.54, 1.807) is 35.1 Å².